The van der Waals surface area contributed by atoms with E-state index in [1.54, 1.807) is 25.6 Å². The molecule has 0 aliphatic heterocycles. The Balaban J connectivity index is 1.61. The Morgan fingerprint density at radius 2 is 2.00 bits per heavy atom. The Kier molecular flexibility index (Phi) is 6.87. The maximum atomic E-state index is 11.9. The summed E-state index contributed by atoms with van der Waals surface area (Å²) >= 11 is 1.73. The molecule has 0 spiro atoms. The Bertz CT molecular complexity index is 666. The average Bonchev–Trinajstić information content (AvgIpc) is 2.92. The topological polar surface area (TPSA) is 81.4 Å². The van der Waals surface area contributed by atoms with Gasteiger partial charge in [0.25, 0.3) is 5.91 Å². The molecule has 1 N–H and O–H groups in total. The third-order valence-electron chi connectivity index (χ3n) is 3.25. The first-order valence-corrected chi connectivity index (χ1v) is 8.71. The highest BCUT2D eigenvalue weighted by molar-refractivity contribution is 7.98. The van der Waals surface area contributed by atoms with Crippen molar-refractivity contribution in [1.82, 2.24) is 10.5 Å². The van der Waals surface area contributed by atoms with E-state index in [1.807, 2.05) is 18.2 Å². The second kappa shape index (κ2) is 9.12. The van der Waals surface area contributed by atoms with Gasteiger partial charge in [-0.25, -0.2) is 4.79 Å². The largest absolute Gasteiger partial charge is 0.452 e. The molecule has 128 valence electrons. The lowest BCUT2D eigenvalue weighted by Gasteiger charge is -2.06. The van der Waals surface area contributed by atoms with E-state index in [9.17, 15) is 9.59 Å². The number of nitrogens with one attached hydrogen (secondary N) is 1. The molecule has 0 saturated heterocycles. The Morgan fingerprint density at radius 3 is 2.67 bits per heavy atom. The molecule has 0 fully saturated rings. The summed E-state index contributed by atoms with van der Waals surface area (Å²) < 4.78 is 9.88. The third kappa shape index (κ3) is 5.42. The van der Waals surface area contributed by atoms with E-state index in [4.69, 9.17) is 9.26 Å². The Morgan fingerprint density at radius 1 is 1.25 bits per heavy atom. The van der Waals surface area contributed by atoms with Crippen LogP contribution in [0.3, 0.4) is 0 Å². The zero-order valence-electron chi connectivity index (χ0n) is 13.7. The van der Waals surface area contributed by atoms with Crippen LogP contribution < -0.4 is 5.32 Å². The standard InChI is InChI=1S/C17H20N2O4S/c1-12-16(13(2)23-19-12)17(21)22-10-15(20)18-8-9-24-11-14-6-4-3-5-7-14/h3-7H,8-11H2,1-2H3,(H,18,20). The third-order valence-corrected chi connectivity index (χ3v) is 4.28. The van der Waals surface area contributed by atoms with Gasteiger partial charge in [0.1, 0.15) is 11.3 Å². The molecule has 1 heterocycles. The minimum atomic E-state index is -0.597. The highest BCUT2D eigenvalue weighted by Gasteiger charge is 2.19. The molecule has 0 bridgehead atoms. The number of carbonyl (C=O) groups is 2. The van der Waals surface area contributed by atoms with Crippen LogP contribution in [-0.4, -0.2) is 35.9 Å². The number of esters is 1. The van der Waals surface area contributed by atoms with Crippen molar-refractivity contribution in [3.8, 4) is 0 Å². The van der Waals surface area contributed by atoms with Gasteiger partial charge in [0, 0.05) is 18.1 Å². The number of carbonyl (C=O) groups excluding carboxylic acids is 2. The maximum absolute atomic E-state index is 11.9. The maximum Gasteiger partial charge on any atom is 0.344 e. The van der Waals surface area contributed by atoms with E-state index in [2.05, 4.69) is 22.6 Å². The van der Waals surface area contributed by atoms with Crippen molar-refractivity contribution in [3.63, 3.8) is 0 Å². The second-order valence-corrected chi connectivity index (χ2v) is 6.27. The number of amides is 1. The summed E-state index contributed by atoms with van der Waals surface area (Å²) in [6.45, 7) is 3.49. The summed E-state index contributed by atoms with van der Waals surface area (Å²) in [6.07, 6.45) is 0. The van der Waals surface area contributed by atoms with Gasteiger partial charge in [-0.2, -0.15) is 11.8 Å². The second-order valence-electron chi connectivity index (χ2n) is 5.16. The van der Waals surface area contributed by atoms with E-state index in [0.29, 0.717) is 18.0 Å². The lowest BCUT2D eigenvalue weighted by molar-refractivity contribution is -0.124. The predicted molar refractivity (Wildman–Crippen MR) is 91.9 cm³/mol. The van der Waals surface area contributed by atoms with Crippen molar-refractivity contribution < 1.29 is 18.8 Å². The van der Waals surface area contributed by atoms with E-state index in [-0.39, 0.29) is 18.1 Å². The van der Waals surface area contributed by atoms with Crippen LogP contribution in [-0.2, 0) is 15.3 Å². The molecular weight excluding hydrogens is 328 g/mol. The number of aryl methyl sites for hydroxylation is 2. The van der Waals surface area contributed by atoms with E-state index in [0.717, 1.165) is 11.5 Å². The van der Waals surface area contributed by atoms with Crippen molar-refractivity contribution in [3.05, 3.63) is 52.9 Å². The van der Waals surface area contributed by atoms with Crippen LogP contribution >= 0.6 is 11.8 Å². The summed E-state index contributed by atoms with van der Waals surface area (Å²) in [5, 5.41) is 6.40. The average molecular weight is 348 g/mol. The van der Waals surface area contributed by atoms with Crippen LogP contribution in [0.25, 0.3) is 0 Å². The number of hydrogen-bond acceptors (Lipinski definition) is 6. The molecule has 0 aliphatic carbocycles. The minimum Gasteiger partial charge on any atom is -0.452 e. The lowest BCUT2D eigenvalue weighted by Crippen LogP contribution is -2.30. The summed E-state index contributed by atoms with van der Waals surface area (Å²) in [4.78, 5) is 23.6. The summed E-state index contributed by atoms with van der Waals surface area (Å²) in [5.74, 6) is 1.15. The van der Waals surface area contributed by atoms with Gasteiger partial charge in [-0.1, -0.05) is 35.5 Å². The van der Waals surface area contributed by atoms with Crippen molar-refractivity contribution in [2.75, 3.05) is 18.9 Å². The molecule has 0 saturated carbocycles. The molecule has 24 heavy (non-hydrogen) atoms. The van der Waals surface area contributed by atoms with Crippen LogP contribution in [0.4, 0.5) is 0 Å². The normalized spacial score (nSPS) is 10.4. The van der Waals surface area contributed by atoms with Crippen LogP contribution in [0.5, 0.6) is 0 Å². The van der Waals surface area contributed by atoms with Gasteiger partial charge in [-0.15, -0.1) is 0 Å². The lowest BCUT2D eigenvalue weighted by atomic mass is 10.2. The smallest absolute Gasteiger partial charge is 0.344 e. The first-order chi connectivity index (χ1) is 11.6. The first-order valence-electron chi connectivity index (χ1n) is 7.56. The molecule has 7 heteroatoms. The highest BCUT2D eigenvalue weighted by Crippen LogP contribution is 2.13. The molecule has 0 atom stereocenters. The zero-order chi connectivity index (χ0) is 17.4. The number of rotatable bonds is 8. The molecule has 1 amide bonds. The van der Waals surface area contributed by atoms with E-state index in [1.165, 1.54) is 5.56 Å². The summed E-state index contributed by atoms with van der Waals surface area (Å²) in [6, 6.07) is 10.1. The first kappa shape index (κ1) is 18.1. The number of benzene rings is 1. The molecule has 0 aliphatic rings. The molecule has 2 rings (SSSR count). The highest BCUT2D eigenvalue weighted by atomic mass is 32.2. The SMILES string of the molecule is Cc1noc(C)c1C(=O)OCC(=O)NCCSCc1ccccc1. The number of aromatic nitrogens is 1. The summed E-state index contributed by atoms with van der Waals surface area (Å²) in [7, 11) is 0. The Hall–Kier alpha value is -2.28. The van der Waals surface area contributed by atoms with Crippen molar-refractivity contribution in [2.24, 2.45) is 0 Å². The number of thioether (sulfide) groups is 1. The number of hydrogen-bond donors (Lipinski definition) is 1. The van der Waals surface area contributed by atoms with Gasteiger partial charge in [0.05, 0.1) is 5.69 Å². The van der Waals surface area contributed by atoms with E-state index >= 15 is 0 Å². The van der Waals surface area contributed by atoms with Crippen molar-refractivity contribution in [2.45, 2.75) is 19.6 Å². The van der Waals surface area contributed by atoms with Crippen LogP contribution in [0.2, 0.25) is 0 Å². The van der Waals surface area contributed by atoms with Crippen molar-refractivity contribution in [1.29, 1.82) is 0 Å². The van der Waals surface area contributed by atoms with Gasteiger partial charge >= 0.3 is 5.97 Å². The monoisotopic (exact) mass is 348 g/mol. The fraction of sp³-hybridized carbons (Fsp3) is 0.353. The Labute approximate surface area is 144 Å². The van der Waals surface area contributed by atoms with Gasteiger partial charge in [0.15, 0.2) is 6.61 Å². The van der Waals surface area contributed by atoms with Gasteiger partial charge in [-0.3, -0.25) is 4.79 Å². The number of nitrogens with zero attached hydrogens (tertiary/aromatic N) is 1. The van der Waals surface area contributed by atoms with Crippen LogP contribution in [0, 0.1) is 13.8 Å². The van der Waals surface area contributed by atoms with Gasteiger partial charge in [-0.05, 0) is 19.4 Å². The van der Waals surface area contributed by atoms with Gasteiger partial charge in [0.2, 0.25) is 0 Å². The molecular formula is C17H20N2O4S. The molecule has 6 nitrogen and oxygen atoms in total. The van der Waals surface area contributed by atoms with E-state index < -0.39 is 5.97 Å². The molecule has 1 aromatic carbocycles. The van der Waals surface area contributed by atoms with Crippen molar-refractivity contribution >= 4 is 23.6 Å². The minimum absolute atomic E-state index is 0.279. The zero-order valence-corrected chi connectivity index (χ0v) is 14.5. The van der Waals surface area contributed by atoms with Crippen LogP contribution in [0.1, 0.15) is 27.4 Å². The molecule has 1 aromatic heterocycles. The summed E-state index contributed by atoms with van der Waals surface area (Å²) in [5.41, 5.74) is 1.98. The quantitative estimate of drug-likeness (QED) is 0.583. The van der Waals surface area contributed by atoms with Gasteiger partial charge < -0.3 is 14.6 Å². The number of ether oxygens (including phenoxy) is 1. The fourth-order valence-electron chi connectivity index (χ4n) is 2.06. The van der Waals surface area contributed by atoms with Crippen LogP contribution in [0.15, 0.2) is 34.9 Å². The molecule has 0 radical (unpaired) electrons. The predicted octanol–water partition coefficient (Wildman–Crippen LogP) is 2.50. The molecule has 0 unspecified atom stereocenters. The fourth-order valence-corrected chi connectivity index (χ4v) is 2.87. The molecule has 2 aromatic rings.